The van der Waals surface area contributed by atoms with Crippen molar-refractivity contribution in [2.45, 2.75) is 83.5 Å². The molecule has 1 saturated heterocycles. The zero-order chi connectivity index (χ0) is 31.7. The number of nitrogens with one attached hydrogen (secondary N) is 3. The van der Waals surface area contributed by atoms with E-state index < -0.39 is 17.7 Å². The first kappa shape index (κ1) is 32.4. The number of alkyl carbamates (subject to hydrolysis) is 1. The van der Waals surface area contributed by atoms with Gasteiger partial charge in [-0.2, -0.15) is 5.26 Å². The Bertz CT molecular complexity index is 1340. The number of hydrogen-bond acceptors (Lipinski definition) is 8. The minimum Gasteiger partial charge on any atom is -0.462 e. The number of anilines is 2. The van der Waals surface area contributed by atoms with Gasteiger partial charge in [-0.1, -0.05) is 6.42 Å². The number of benzene rings is 1. The van der Waals surface area contributed by atoms with Gasteiger partial charge < -0.3 is 34.9 Å². The number of H-pyrrole nitrogens is 1. The van der Waals surface area contributed by atoms with Crippen LogP contribution in [0.3, 0.4) is 0 Å². The molecule has 12 nitrogen and oxygen atoms in total. The summed E-state index contributed by atoms with van der Waals surface area (Å²) in [5.74, 6) is -0.962. The fraction of sp³-hybridized carbons (Fsp3) is 0.531. The Hall–Kier alpha value is -4.53. The van der Waals surface area contributed by atoms with Crippen LogP contribution < -0.4 is 15.5 Å². The Labute approximate surface area is 258 Å². The first-order chi connectivity index (χ1) is 21.0. The molecule has 12 heteroatoms. The summed E-state index contributed by atoms with van der Waals surface area (Å²) in [6.45, 7) is 7.25. The van der Waals surface area contributed by atoms with Crippen molar-refractivity contribution in [1.82, 2.24) is 15.2 Å². The molecule has 0 bridgehead atoms. The summed E-state index contributed by atoms with van der Waals surface area (Å²) in [5.41, 5.74) is 1.50. The predicted octanol–water partition coefficient (Wildman–Crippen LogP) is 4.34. The molecule has 0 spiro atoms. The first-order valence-electron chi connectivity index (χ1n) is 15.2. The highest BCUT2D eigenvalue weighted by Crippen LogP contribution is 2.23. The van der Waals surface area contributed by atoms with E-state index in [4.69, 9.17) is 14.7 Å². The van der Waals surface area contributed by atoms with Gasteiger partial charge in [0.25, 0.3) is 5.91 Å². The number of esters is 1. The second-order valence-corrected chi connectivity index (χ2v) is 12.2. The average molecular weight is 607 g/mol. The maximum Gasteiger partial charge on any atom is 0.408 e. The summed E-state index contributed by atoms with van der Waals surface area (Å²) in [7, 11) is 0. The molecule has 1 atom stereocenters. The molecule has 3 N–H and O–H groups in total. The number of ether oxygens (including phenoxy) is 2. The Morgan fingerprint density at radius 3 is 2.34 bits per heavy atom. The molecule has 3 amide bonds. The van der Waals surface area contributed by atoms with E-state index in [1.54, 1.807) is 37.8 Å². The van der Waals surface area contributed by atoms with Gasteiger partial charge in [0.15, 0.2) is 0 Å². The zero-order valence-corrected chi connectivity index (χ0v) is 25.7. The van der Waals surface area contributed by atoms with E-state index in [0.29, 0.717) is 43.1 Å². The first-order valence-corrected chi connectivity index (χ1v) is 15.2. The Balaban J connectivity index is 1.31. The number of nitrogens with zero attached hydrogens (tertiary/aromatic N) is 3. The summed E-state index contributed by atoms with van der Waals surface area (Å²) < 4.78 is 11.0. The lowest BCUT2D eigenvalue weighted by molar-refractivity contribution is -0.150. The van der Waals surface area contributed by atoms with Crippen LogP contribution in [-0.2, 0) is 19.1 Å². The lowest BCUT2D eigenvalue weighted by Crippen LogP contribution is -2.55. The topological polar surface area (TPSA) is 157 Å². The van der Waals surface area contributed by atoms with Crippen molar-refractivity contribution in [3.8, 4) is 6.07 Å². The Morgan fingerprint density at radius 1 is 1.05 bits per heavy atom. The molecule has 1 aliphatic heterocycles. The van der Waals surface area contributed by atoms with E-state index in [9.17, 15) is 19.2 Å². The van der Waals surface area contributed by atoms with Gasteiger partial charge in [-0.15, -0.1) is 0 Å². The zero-order valence-electron chi connectivity index (χ0n) is 25.7. The van der Waals surface area contributed by atoms with E-state index in [0.717, 1.165) is 37.8 Å². The molecule has 1 aliphatic carbocycles. The molecule has 4 rings (SSSR count). The van der Waals surface area contributed by atoms with Crippen LogP contribution in [0.15, 0.2) is 36.5 Å². The van der Waals surface area contributed by atoms with E-state index in [1.807, 2.05) is 18.2 Å². The molecule has 236 valence electrons. The van der Waals surface area contributed by atoms with E-state index in [-0.39, 0.29) is 36.7 Å². The largest absolute Gasteiger partial charge is 0.462 e. The maximum atomic E-state index is 13.6. The minimum atomic E-state index is -0.915. The minimum absolute atomic E-state index is 0.0227. The van der Waals surface area contributed by atoms with Gasteiger partial charge >= 0.3 is 12.1 Å². The van der Waals surface area contributed by atoms with E-state index in [1.165, 1.54) is 12.3 Å². The van der Waals surface area contributed by atoms with Gasteiger partial charge in [-0.3, -0.25) is 14.4 Å². The number of rotatable bonds is 9. The summed E-state index contributed by atoms with van der Waals surface area (Å²) in [4.78, 5) is 57.7. The lowest BCUT2D eigenvalue weighted by atomic mass is 9.98. The van der Waals surface area contributed by atoms with Gasteiger partial charge in [0.1, 0.15) is 29.5 Å². The van der Waals surface area contributed by atoms with Crippen LogP contribution >= 0.6 is 0 Å². The number of carbonyl (C=O) groups is 4. The molecule has 1 saturated carbocycles. The summed E-state index contributed by atoms with van der Waals surface area (Å²) in [6.07, 6.45) is 5.82. The van der Waals surface area contributed by atoms with Crippen molar-refractivity contribution >= 4 is 35.3 Å². The van der Waals surface area contributed by atoms with Gasteiger partial charge in [-0.25, -0.2) is 4.79 Å². The van der Waals surface area contributed by atoms with Crippen molar-refractivity contribution in [2.75, 3.05) is 36.4 Å². The molecule has 0 radical (unpaired) electrons. The lowest BCUT2D eigenvalue weighted by Gasteiger charge is -2.37. The van der Waals surface area contributed by atoms with Crippen LogP contribution in [0.5, 0.6) is 0 Å². The second-order valence-electron chi connectivity index (χ2n) is 12.2. The van der Waals surface area contributed by atoms with Crippen LogP contribution in [0.1, 0.15) is 81.8 Å². The average Bonchev–Trinajstić information content (AvgIpc) is 3.49. The van der Waals surface area contributed by atoms with Crippen molar-refractivity contribution in [3.63, 3.8) is 0 Å². The number of hydrogen-bond donors (Lipinski definition) is 3. The fourth-order valence-electron chi connectivity index (χ4n) is 5.35. The molecule has 1 aromatic heterocycles. The molecule has 1 aromatic carbocycles. The molecule has 2 aromatic rings. The molecule has 2 aliphatic rings. The highest BCUT2D eigenvalue weighted by Gasteiger charge is 2.31. The van der Waals surface area contributed by atoms with Crippen LogP contribution in [0.2, 0.25) is 0 Å². The highest BCUT2D eigenvalue weighted by molar-refractivity contribution is 6.03. The van der Waals surface area contributed by atoms with Gasteiger partial charge in [0, 0.05) is 50.2 Å². The number of piperazine rings is 1. The smallest absolute Gasteiger partial charge is 0.408 e. The summed E-state index contributed by atoms with van der Waals surface area (Å²) in [5, 5.41) is 14.4. The fourth-order valence-corrected chi connectivity index (χ4v) is 5.35. The molecule has 44 heavy (non-hydrogen) atoms. The number of nitriles is 1. The van der Waals surface area contributed by atoms with Crippen molar-refractivity contribution in [2.24, 2.45) is 0 Å². The Kier molecular flexibility index (Phi) is 10.9. The third kappa shape index (κ3) is 9.49. The number of aromatic nitrogens is 1. The summed E-state index contributed by atoms with van der Waals surface area (Å²) in [6, 6.07) is 9.94. The van der Waals surface area contributed by atoms with Crippen molar-refractivity contribution in [1.29, 1.82) is 5.26 Å². The van der Waals surface area contributed by atoms with Crippen molar-refractivity contribution < 1.29 is 28.7 Å². The van der Waals surface area contributed by atoms with Crippen LogP contribution in [-0.4, -0.2) is 77.7 Å². The van der Waals surface area contributed by atoms with Crippen LogP contribution in [0.25, 0.3) is 0 Å². The molecular weight excluding hydrogens is 564 g/mol. The van der Waals surface area contributed by atoms with E-state index in [2.05, 4.69) is 20.5 Å². The number of aromatic amines is 1. The van der Waals surface area contributed by atoms with Crippen molar-refractivity contribution in [3.05, 3.63) is 47.8 Å². The van der Waals surface area contributed by atoms with E-state index >= 15 is 0 Å². The highest BCUT2D eigenvalue weighted by atomic mass is 16.6. The van der Waals surface area contributed by atoms with Gasteiger partial charge in [-0.05, 0) is 83.2 Å². The quantitative estimate of drug-likeness (QED) is 0.356. The molecule has 2 heterocycles. The Morgan fingerprint density at radius 2 is 1.73 bits per heavy atom. The maximum absolute atomic E-state index is 13.6. The second kappa shape index (κ2) is 14.8. The SMILES string of the molecule is CC(C)(C)OC(=O)N[C@@H](CCC(=O)OC1CCCCC1)C(=O)N1CCN(c2ccc(NC(=O)c3cc(C#N)c[nH]3)cc2)CC1. The molecule has 2 fully saturated rings. The van der Waals surface area contributed by atoms with Gasteiger partial charge in [0.2, 0.25) is 5.91 Å². The number of amides is 3. The monoisotopic (exact) mass is 606 g/mol. The third-order valence-electron chi connectivity index (χ3n) is 7.61. The summed E-state index contributed by atoms with van der Waals surface area (Å²) >= 11 is 0. The number of carbonyl (C=O) groups excluding carboxylic acids is 4. The normalized spacial score (nSPS) is 16.4. The molecular formula is C32H42N6O6. The predicted molar refractivity (Wildman–Crippen MR) is 164 cm³/mol. The van der Waals surface area contributed by atoms with Crippen LogP contribution in [0, 0.1) is 11.3 Å². The molecule has 0 unspecified atom stereocenters. The third-order valence-corrected chi connectivity index (χ3v) is 7.61. The van der Waals surface area contributed by atoms with Gasteiger partial charge in [0.05, 0.1) is 5.56 Å². The van der Waals surface area contributed by atoms with Crippen LogP contribution in [0.4, 0.5) is 16.2 Å². The standard InChI is InChI=1S/C32H42N6O6/c1-32(2,3)44-31(42)36-26(13-14-28(39)43-25-7-5-4-6-8-25)30(41)38-17-15-37(16-18-38)24-11-9-23(10-12-24)35-29(40)27-19-22(20-33)21-34-27/h9-12,19,21,25-26,34H,4-8,13-18H2,1-3H3,(H,35,40)(H,36,42)/t26-/m0/s1.